The van der Waals surface area contributed by atoms with Gasteiger partial charge in [-0.15, -0.1) is 0 Å². The number of hydrogen-bond donors (Lipinski definition) is 1. The van der Waals surface area contributed by atoms with Crippen molar-refractivity contribution in [1.82, 2.24) is 9.97 Å². The van der Waals surface area contributed by atoms with Gasteiger partial charge in [-0.25, -0.2) is 9.97 Å². The lowest BCUT2D eigenvalue weighted by Crippen LogP contribution is -2.05. The summed E-state index contributed by atoms with van der Waals surface area (Å²) in [5.74, 6) is 0. The van der Waals surface area contributed by atoms with E-state index in [-0.39, 0.29) is 0 Å². The van der Waals surface area contributed by atoms with Crippen LogP contribution in [-0.2, 0) is 0 Å². The molecule has 2 rings (SSSR count). The molecule has 2 aromatic rings. The number of fused-ring (bicyclic) bond motifs is 1. The van der Waals surface area contributed by atoms with Gasteiger partial charge in [0.1, 0.15) is 0 Å². The molecule has 1 atom stereocenters. The minimum absolute atomic E-state index is 0.559. The third-order valence-corrected chi connectivity index (χ3v) is 3.22. The molecule has 0 spiro atoms. The van der Waals surface area contributed by atoms with Crippen molar-refractivity contribution >= 4 is 17.1 Å². The smallest absolute Gasteiger partial charge is 0.0982 e. The molecule has 19 heavy (non-hydrogen) atoms. The molecule has 3 nitrogen and oxygen atoms in total. The summed E-state index contributed by atoms with van der Waals surface area (Å²) in [6, 6.07) is 7.69. The summed E-state index contributed by atoms with van der Waals surface area (Å²) in [6.45, 7) is 5.91. The van der Waals surface area contributed by atoms with Gasteiger partial charge < -0.3 is 5.11 Å². The number of hydrogen-bond acceptors (Lipinski definition) is 3. The van der Waals surface area contributed by atoms with Crippen molar-refractivity contribution in [1.29, 1.82) is 0 Å². The van der Waals surface area contributed by atoms with Gasteiger partial charge in [-0.3, -0.25) is 0 Å². The van der Waals surface area contributed by atoms with Gasteiger partial charge in [0.05, 0.1) is 28.5 Å². The largest absolute Gasteiger partial charge is 0.387 e. The molecule has 0 amide bonds. The van der Waals surface area contributed by atoms with E-state index < -0.39 is 6.10 Å². The molecule has 0 fully saturated rings. The molecule has 0 bridgehead atoms. The Bertz CT molecular complexity index is 566. The molecule has 100 valence electrons. The predicted molar refractivity (Wildman–Crippen MR) is 78.7 cm³/mol. The van der Waals surface area contributed by atoms with E-state index in [0.29, 0.717) is 11.4 Å². The normalized spacial score (nSPS) is 12.5. The summed E-state index contributed by atoms with van der Waals surface area (Å²) >= 11 is 0. The Hall–Kier alpha value is -1.74. The van der Waals surface area contributed by atoms with Gasteiger partial charge in [0.2, 0.25) is 0 Å². The van der Waals surface area contributed by atoms with E-state index in [1.165, 1.54) is 0 Å². The summed E-state index contributed by atoms with van der Waals surface area (Å²) in [5, 5.41) is 10.3. The third kappa shape index (κ3) is 3.18. The monoisotopic (exact) mass is 256 g/mol. The van der Waals surface area contributed by atoms with Gasteiger partial charge >= 0.3 is 0 Å². The lowest BCUT2D eigenvalue weighted by molar-refractivity contribution is 0.158. The zero-order valence-corrected chi connectivity index (χ0v) is 11.3. The minimum Gasteiger partial charge on any atom is -0.387 e. The van der Waals surface area contributed by atoms with Gasteiger partial charge in [0, 0.05) is 0 Å². The van der Waals surface area contributed by atoms with Gasteiger partial charge in [-0.1, -0.05) is 44.9 Å². The van der Waals surface area contributed by atoms with E-state index in [9.17, 15) is 5.11 Å². The Morgan fingerprint density at radius 2 is 1.89 bits per heavy atom. The van der Waals surface area contributed by atoms with Crippen LogP contribution in [0.4, 0.5) is 0 Å². The number of rotatable bonds is 6. The van der Waals surface area contributed by atoms with E-state index >= 15 is 0 Å². The maximum atomic E-state index is 10.3. The lowest BCUT2D eigenvalue weighted by Gasteiger charge is -2.13. The number of aliphatic hydroxyl groups excluding tert-OH is 1. The third-order valence-electron chi connectivity index (χ3n) is 3.22. The van der Waals surface area contributed by atoms with Crippen LogP contribution < -0.4 is 0 Å². The highest BCUT2D eigenvalue weighted by molar-refractivity contribution is 5.75. The molecule has 0 saturated carbocycles. The molecule has 1 N–H and O–H groups in total. The van der Waals surface area contributed by atoms with E-state index in [0.717, 1.165) is 36.7 Å². The Morgan fingerprint density at radius 1 is 1.21 bits per heavy atom. The van der Waals surface area contributed by atoms with Crippen LogP contribution in [0.3, 0.4) is 0 Å². The summed E-state index contributed by atoms with van der Waals surface area (Å²) in [6.07, 6.45) is 5.10. The molecule has 3 heteroatoms. The quantitative estimate of drug-likeness (QED) is 0.798. The Balaban J connectivity index is 2.32. The molecule has 0 aliphatic rings. The van der Waals surface area contributed by atoms with E-state index in [1.54, 1.807) is 6.08 Å². The first-order chi connectivity index (χ1) is 9.26. The van der Waals surface area contributed by atoms with Crippen LogP contribution in [0.5, 0.6) is 0 Å². The molecule has 0 aliphatic carbocycles. The van der Waals surface area contributed by atoms with Gasteiger partial charge in [-0.05, 0) is 24.6 Å². The van der Waals surface area contributed by atoms with Crippen LogP contribution in [0, 0.1) is 0 Å². The number of unbranched alkanes of at least 4 members (excludes halogenated alkanes) is 2. The van der Waals surface area contributed by atoms with Crippen LogP contribution in [0.1, 0.15) is 50.1 Å². The van der Waals surface area contributed by atoms with Crippen LogP contribution in [-0.4, -0.2) is 15.1 Å². The number of nitrogens with zero attached hydrogens (tertiary/aromatic N) is 2. The van der Waals surface area contributed by atoms with Crippen LogP contribution in [0.25, 0.3) is 17.1 Å². The van der Waals surface area contributed by atoms with Crippen molar-refractivity contribution in [2.45, 2.75) is 38.7 Å². The van der Waals surface area contributed by atoms with E-state index in [1.807, 2.05) is 24.3 Å². The second kappa shape index (κ2) is 6.43. The lowest BCUT2D eigenvalue weighted by atomic mass is 10.1. The summed E-state index contributed by atoms with van der Waals surface area (Å²) < 4.78 is 0. The maximum Gasteiger partial charge on any atom is 0.0982 e. The predicted octanol–water partition coefficient (Wildman–Crippen LogP) is 3.89. The summed E-state index contributed by atoms with van der Waals surface area (Å²) in [7, 11) is 0. The molecular weight excluding hydrogens is 236 g/mol. The van der Waals surface area contributed by atoms with Crippen molar-refractivity contribution in [3.63, 3.8) is 0 Å². The fourth-order valence-corrected chi connectivity index (χ4v) is 2.15. The second-order valence-electron chi connectivity index (χ2n) is 4.70. The molecule has 0 radical (unpaired) electrons. The maximum absolute atomic E-state index is 10.3. The zero-order chi connectivity index (χ0) is 13.7. The second-order valence-corrected chi connectivity index (χ2v) is 4.70. The SMILES string of the molecule is C=Cc1nc2ccccc2nc1[C@@H](O)CCCCC. The minimum atomic E-state index is -0.559. The fraction of sp³-hybridized carbons (Fsp3) is 0.375. The molecule has 0 unspecified atom stereocenters. The summed E-state index contributed by atoms with van der Waals surface area (Å²) in [4.78, 5) is 9.04. The van der Waals surface area contributed by atoms with Crippen molar-refractivity contribution in [3.05, 3.63) is 42.2 Å². The van der Waals surface area contributed by atoms with Gasteiger partial charge in [0.15, 0.2) is 0 Å². The topological polar surface area (TPSA) is 46.0 Å². The average molecular weight is 256 g/mol. The van der Waals surface area contributed by atoms with E-state index in [4.69, 9.17) is 0 Å². The number of aromatic nitrogens is 2. The van der Waals surface area contributed by atoms with Crippen LogP contribution in [0.15, 0.2) is 30.8 Å². The fourth-order valence-electron chi connectivity index (χ4n) is 2.15. The molecule has 1 aromatic carbocycles. The van der Waals surface area contributed by atoms with Crippen molar-refractivity contribution in [2.75, 3.05) is 0 Å². The Morgan fingerprint density at radius 3 is 2.53 bits per heavy atom. The molecule has 1 aromatic heterocycles. The van der Waals surface area contributed by atoms with E-state index in [2.05, 4.69) is 23.5 Å². The summed E-state index contributed by atoms with van der Waals surface area (Å²) in [5.41, 5.74) is 2.98. The molecule has 1 heterocycles. The Kier molecular flexibility index (Phi) is 4.63. The highest BCUT2D eigenvalue weighted by Gasteiger charge is 2.14. The molecule has 0 aliphatic heterocycles. The standard InChI is InChI=1S/C16H20N2O/c1-3-5-6-11-15(19)16-12(4-2)17-13-9-7-8-10-14(13)18-16/h4,7-10,15,19H,2-3,5-6,11H2,1H3/t15-/m0/s1. The first-order valence-corrected chi connectivity index (χ1v) is 6.83. The first kappa shape index (κ1) is 13.7. The highest BCUT2D eigenvalue weighted by atomic mass is 16.3. The van der Waals surface area contributed by atoms with Gasteiger partial charge in [-0.2, -0.15) is 0 Å². The van der Waals surface area contributed by atoms with Gasteiger partial charge in [0.25, 0.3) is 0 Å². The highest BCUT2D eigenvalue weighted by Crippen LogP contribution is 2.23. The van der Waals surface area contributed by atoms with Crippen LogP contribution >= 0.6 is 0 Å². The number of para-hydroxylation sites is 2. The van der Waals surface area contributed by atoms with Crippen molar-refractivity contribution in [3.8, 4) is 0 Å². The molecular formula is C16H20N2O. The van der Waals surface area contributed by atoms with Crippen LogP contribution in [0.2, 0.25) is 0 Å². The molecule has 0 saturated heterocycles. The average Bonchev–Trinajstić information content (AvgIpc) is 2.46. The number of benzene rings is 1. The van der Waals surface area contributed by atoms with Crippen molar-refractivity contribution < 1.29 is 5.11 Å². The Labute approximate surface area is 114 Å². The first-order valence-electron chi connectivity index (χ1n) is 6.83. The zero-order valence-electron chi connectivity index (χ0n) is 11.3. The van der Waals surface area contributed by atoms with Crippen molar-refractivity contribution in [2.24, 2.45) is 0 Å². The number of aliphatic hydroxyl groups is 1.